The zero-order valence-corrected chi connectivity index (χ0v) is 11.9. The highest BCUT2D eigenvalue weighted by Crippen LogP contribution is 2.40. The maximum Gasteiger partial charge on any atom is 0.0236 e. The van der Waals surface area contributed by atoms with E-state index in [4.69, 9.17) is 5.73 Å². The molecule has 2 heteroatoms. The van der Waals surface area contributed by atoms with Crippen LogP contribution in [0.2, 0.25) is 0 Å². The van der Waals surface area contributed by atoms with Crippen LogP contribution in [-0.4, -0.2) is 24.0 Å². The summed E-state index contributed by atoms with van der Waals surface area (Å²) >= 11 is 0. The van der Waals surface area contributed by atoms with Crippen molar-refractivity contribution in [3.63, 3.8) is 0 Å². The Morgan fingerprint density at radius 3 is 2.84 bits per heavy atom. The van der Waals surface area contributed by atoms with Gasteiger partial charge in [0.1, 0.15) is 0 Å². The van der Waals surface area contributed by atoms with Crippen molar-refractivity contribution in [2.75, 3.05) is 13.1 Å². The Hall–Kier alpha value is -0.860. The Morgan fingerprint density at radius 2 is 2.05 bits per heavy atom. The van der Waals surface area contributed by atoms with Gasteiger partial charge in [0.2, 0.25) is 0 Å². The third-order valence-corrected chi connectivity index (χ3v) is 4.63. The number of hydrogen-bond acceptors (Lipinski definition) is 2. The molecule has 3 rings (SSSR count). The van der Waals surface area contributed by atoms with Crippen LogP contribution < -0.4 is 5.73 Å². The molecule has 1 saturated heterocycles. The lowest BCUT2D eigenvalue weighted by Gasteiger charge is -2.35. The number of nitrogens with zero attached hydrogens (tertiary/aromatic N) is 1. The second kappa shape index (κ2) is 6.06. The highest BCUT2D eigenvalue weighted by Gasteiger charge is 2.25. The lowest BCUT2D eigenvalue weighted by atomic mass is 9.98. The molecule has 1 saturated carbocycles. The summed E-state index contributed by atoms with van der Waals surface area (Å²) in [4.78, 5) is 2.66. The summed E-state index contributed by atoms with van der Waals surface area (Å²) in [6, 6.07) is 9.98. The van der Waals surface area contributed by atoms with Crippen LogP contribution in [0.15, 0.2) is 24.3 Å². The number of likely N-dealkylation sites (tertiary alicyclic amines) is 1. The van der Waals surface area contributed by atoms with E-state index in [-0.39, 0.29) is 0 Å². The van der Waals surface area contributed by atoms with Crippen LogP contribution in [0.5, 0.6) is 0 Å². The molecule has 1 heterocycles. The fourth-order valence-corrected chi connectivity index (χ4v) is 3.38. The van der Waals surface area contributed by atoms with Gasteiger partial charge >= 0.3 is 0 Å². The van der Waals surface area contributed by atoms with Crippen molar-refractivity contribution in [2.45, 2.75) is 57.0 Å². The minimum Gasteiger partial charge on any atom is -0.330 e. The normalized spacial score (nSPS) is 24.6. The molecular weight excluding hydrogens is 232 g/mol. The Kier molecular flexibility index (Phi) is 4.19. The SMILES string of the molecule is NCCC1CCCCN1Cc1cccc(C2CC2)c1. The molecule has 1 atom stereocenters. The van der Waals surface area contributed by atoms with Crippen molar-refractivity contribution in [1.82, 2.24) is 4.90 Å². The first-order valence-corrected chi connectivity index (χ1v) is 7.90. The van der Waals surface area contributed by atoms with Crippen LogP contribution >= 0.6 is 0 Å². The molecule has 0 amide bonds. The lowest BCUT2D eigenvalue weighted by Crippen LogP contribution is -2.40. The van der Waals surface area contributed by atoms with Crippen LogP contribution in [0.4, 0.5) is 0 Å². The van der Waals surface area contributed by atoms with E-state index >= 15 is 0 Å². The molecule has 0 radical (unpaired) electrons. The minimum atomic E-state index is 0.711. The summed E-state index contributed by atoms with van der Waals surface area (Å²) in [6.45, 7) is 3.19. The molecule has 104 valence electrons. The standard InChI is InChI=1S/C17H26N2/c18-10-9-17-6-1-2-11-19(17)13-14-4-3-5-16(12-14)15-7-8-15/h3-5,12,15,17H,1-2,6-11,13,18H2. The predicted molar refractivity (Wildman–Crippen MR) is 80.1 cm³/mol. The molecule has 1 aliphatic carbocycles. The summed E-state index contributed by atoms with van der Waals surface area (Å²) in [5.41, 5.74) is 8.81. The van der Waals surface area contributed by atoms with Crippen molar-refractivity contribution in [2.24, 2.45) is 5.73 Å². The summed E-state index contributed by atoms with van der Waals surface area (Å²) in [5.74, 6) is 0.862. The molecule has 0 bridgehead atoms. The van der Waals surface area contributed by atoms with Crippen LogP contribution in [-0.2, 0) is 6.54 Å². The molecule has 2 nitrogen and oxygen atoms in total. The summed E-state index contributed by atoms with van der Waals surface area (Å²) in [7, 11) is 0. The Balaban J connectivity index is 1.66. The fourth-order valence-electron chi connectivity index (χ4n) is 3.38. The first kappa shape index (κ1) is 13.1. The van der Waals surface area contributed by atoms with Crippen LogP contribution in [0, 0.1) is 0 Å². The monoisotopic (exact) mass is 258 g/mol. The van der Waals surface area contributed by atoms with Gasteiger partial charge < -0.3 is 5.73 Å². The Bertz CT molecular complexity index is 409. The van der Waals surface area contributed by atoms with Crippen molar-refractivity contribution >= 4 is 0 Å². The quantitative estimate of drug-likeness (QED) is 0.878. The third-order valence-electron chi connectivity index (χ3n) is 4.63. The van der Waals surface area contributed by atoms with Gasteiger partial charge in [0.25, 0.3) is 0 Å². The van der Waals surface area contributed by atoms with E-state index in [0.29, 0.717) is 6.04 Å². The van der Waals surface area contributed by atoms with Gasteiger partial charge in [-0.25, -0.2) is 0 Å². The van der Waals surface area contributed by atoms with E-state index in [0.717, 1.165) is 25.4 Å². The van der Waals surface area contributed by atoms with Crippen molar-refractivity contribution in [3.8, 4) is 0 Å². The van der Waals surface area contributed by atoms with Crippen molar-refractivity contribution in [3.05, 3.63) is 35.4 Å². The second-order valence-corrected chi connectivity index (χ2v) is 6.22. The van der Waals surface area contributed by atoms with Crippen molar-refractivity contribution < 1.29 is 0 Å². The molecule has 19 heavy (non-hydrogen) atoms. The molecule has 1 unspecified atom stereocenters. The molecule has 0 spiro atoms. The van der Waals surface area contributed by atoms with Crippen molar-refractivity contribution in [1.29, 1.82) is 0 Å². The van der Waals surface area contributed by atoms with Gasteiger partial charge in [-0.05, 0) is 62.2 Å². The topological polar surface area (TPSA) is 29.3 Å². The molecule has 1 aliphatic heterocycles. The first-order chi connectivity index (χ1) is 9.36. The van der Waals surface area contributed by atoms with Gasteiger partial charge in [0.05, 0.1) is 0 Å². The average molecular weight is 258 g/mol. The third kappa shape index (κ3) is 3.37. The minimum absolute atomic E-state index is 0.711. The molecule has 2 N–H and O–H groups in total. The van der Waals surface area contributed by atoms with Gasteiger partial charge in [-0.2, -0.15) is 0 Å². The predicted octanol–water partition coefficient (Wildman–Crippen LogP) is 3.27. The van der Waals surface area contributed by atoms with Gasteiger partial charge in [-0.1, -0.05) is 30.7 Å². The molecule has 1 aromatic rings. The smallest absolute Gasteiger partial charge is 0.0236 e. The number of nitrogens with two attached hydrogens (primary N) is 1. The molecule has 0 aromatic heterocycles. The molecule has 1 aromatic carbocycles. The largest absolute Gasteiger partial charge is 0.330 e. The fraction of sp³-hybridized carbons (Fsp3) is 0.647. The van der Waals surface area contributed by atoms with E-state index in [1.807, 2.05) is 0 Å². The maximum atomic E-state index is 5.76. The van der Waals surface area contributed by atoms with E-state index in [1.165, 1.54) is 44.2 Å². The summed E-state index contributed by atoms with van der Waals surface area (Å²) < 4.78 is 0. The van der Waals surface area contributed by atoms with E-state index < -0.39 is 0 Å². The number of benzene rings is 1. The van der Waals surface area contributed by atoms with Crippen LogP contribution in [0.3, 0.4) is 0 Å². The van der Waals surface area contributed by atoms with Crippen LogP contribution in [0.25, 0.3) is 0 Å². The van der Waals surface area contributed by atoms with Crippen LogP contribution in [0.1, 0.15) is 55.6 Å². The maximum absolute atomic E-state index is 5.76. The zero-order chi connectivity index (χ0) is 13.1. The molecule has 2 aliphatic rings. The van der Waals surface area contributed by atoms with E-state index in [9.17, 15) is 0 Å². The van der Waals surface area contributed by atoms with Gasteiger partial charge in [-0.15, -0.1) is 0 Å². The Morgan fingerprint density at radius 1 is 1.16 bits per heavy atom. The van der Waals surface area contributed by atoms with Gasteiger partial charge in [0, 0.05) is 12.6 Å². The second-order valence-electron chi connectivity index (χ2n) is 6.22. The first-order valence-electron chi connectivity index (χ1n) is 7.90. The van der Waals surface area contributed by atoms with E-state index in [1.54, 1.807) is 5.56 Å². The van der Waals surface area contributed by atoms with Gasteiger partial charge in [-0.3, -0.25) is 4.90 Å². The Labute approximate surface area is 117 Å². The number of rotatable bonds is 5. The van der Waals surface area contributed by atoms with Gasteiger partial charge in [0.15, 0.2) is 0 Å². The highest BCUT2D eigenvalue weighted by atomic mass is 15.2. The number of hydrogen-bond donors (Lipinski definition) is 1. The lowest BCUT2D eigenvalue weighted by molar-refractivity contribution is 0.134. The highest BCUT2D eigenvalue weighted by molar-refractivity contribution is 5.29. The summed E-state index contributed by atoms with van der Waals surface area (Å²) in [6.07, 6.45) is 8.00. The zero-order valence-electron chi connectivity index (χ0n) is 11.9. The molecule has 2 fully saturated rings. The number of piperidine rings is 1. The molecular formula is C17H26N2. The van der Waals surface area contributed by atoms with E-state index in [2.05, 4.69) is 29.2 Å². The average Bonchev–Trinajstić information content (AvgIpc) is 3.26. The summed E-state index contributed by atoms with van der Waals surface area (Å²) in [5, 5.41) is 0.